The summed E-state index contributed by atoms with van der Waals surface area (Å²) in [5.41, 5.74) is 1.62. The number of para-hydroxylation sites is 1. The van der Waals surface area contributed by atoms with E-state index in [9.17, 15) is 10.0 Å². The summed E-state index contributed by atoms with van der Waals surface area (Å²) >= 11 is 0. The van der Waals surface area contributed by atoms with Crippen molar-refractivity contribution in [1.29, 1.82) is 0 Å². The van der Waals surface area contributed by atoms with Crippen LogP contribution in [0.15, 0.2) is 30.3 Å². The molecule has 2 N–H and O–H groups in total. The first-order valence-electron chi connectivity index (χ1n) is 5.90. The topological polar surface area (TPSA) is 55.8 Å². The quantitative estimate of drug-likeness (QED) is 0.788. The number of hydrogen-bond donors (Lipinski definition) is 2. The Hall–Kier alpha value is -1.59. The lowest BCUT2D eigenvalue weighted by molar-refractivity contribution is 0.0171. The molecule has 1 aliphatic heterocycles. The van der Waals surface area contributed by atoms with E-state index in [1.54, 1.807) is 23.8 Å². The van der Waals surface area contributed by atoms with Crippen LogP contribution >= 0.6 is 0 Å². The van der Waals surface area contributed by atoms with Gasteiger partial charge in [-0.25, -0.2) is 4.79 Å². The standard InChI is InChI=1S/C13H19N3O2/c1-12(2)13(3,14-18)16(11(17)15(12)4)10-8-6-5-7-9-10/h5-9,14,18H,1-4H3/t13-/m0/s1. The molecule has 2 rings (SSSR count). The van der Waals surface area contributed by atoms with Gasteiger partial charge in [-0.2, -0.15) is 5.48 Å². The van der Waals surface area contributed by atoms with Crippen LogP contribution in [0.2, 0.25) is 0 Å². The lowest BCUT2D eigenvalue weighted by atomic mass is 9.89. The highest BCUT2D eigenvalue weighted by molar-refractivity contribution is 5.97. The fraction of sp³-hybridized carbons (Fsp3) is 0.462. The van der Waals surface area contributed by atoms with E-state index in [1.807, 2.05) is 44.2 Å². The number of hydroxylamine groups is 1. The number of nitrogens with one attached hydrogen (secondary N) is 1. The number of urea groups is 1. The summed E-state index contributed by atoms with van der Waals surface area (Å²) in [6, 6.07) is 9.18. The second-order valence-electron chi connectivity index (χ2n) is 5.26. The summed E-state index contributed by atoms with van der Waals surface area (Å²) in [5.74, 6) is 0. The zero-order valence-corrected chi connectivity index (χ0v) is 11.1. The second kappa shape index (κ2) is 3.96. The van der Waals surface area contributed by atoms with Crippen LogP contribution in [0.1, 0.15) is 20.8 Å². The molecule has 18 heavy (non-hydrogen) atoms. The smallest absolute Gasteiger partial charge is 0.318 e. The average Bonchev–Trinajstić information content (AvgIpc) is 2.50. The van der Waals surface area contributed by atoms with Crippen LogP contribution in [0, 0.1) is 0 Å². The highest BCUT2D eigenvalue weighted by Gasteiger charge is 2.59. The Bertz CT molecular complexity index is 461. The number of rotatable bonds is 2. The lowest BCUT2D eigenvalue weighted by Gasteiger charge is -2.42. The first-order chi connectivity index (χ1) is 8.36. The molecule has 1 aromatic rings. The van der Waals surface area contributed by atoms with Gasteiger partial charge in [0, 0.05) is 12.7 Å². The molecule has 1 heterocycles. The van der Waals surface area contributed by atoms with Gasteiger partial charge >= 0.3 is 6.03 Å². The Kier molecular flexibility index (Phi) is 2.83. The molecule has 0 bridgehead atoms. The maximum atomic E-state index is 12.4. The molecule has 1 atom stereocenters. The first kappa shape index (κ1) is 12.9. The highest BCUT2D eigenvalue weighted by atomic mass is 16.5. The molecule has 1 fully saturated rings. The van der Waals surface area contributed by atoms with E-state index >= 15 is 0 Å². The molecule has 98 valence electrons. The monoisotopic (exact) mass is 249 g/mol. The molecular formula is C13H19N3O2. The SMILES string of the molecule is CN1C(=O)N(c2ccccc2)[C@](C)(NO)C1(C)C. The van der Waals surface area contributed by atoms with E-state index in [-0.39, 0.29) is 6.03 Å². The van der Waals surface area contributed by atoms with Gasteiger partial charge in [-0.05, 0) is 32.9 Å². The number of amides is 2. The van der Waals surface area contributed by atoms with Gasteiger partial charge in [-0.1, -0.05) is 18.2 Å². The van der Waals surface area contributed by atoms with Gasteiger partial charge in [0.1, 0.15) is 5.66 Å². The van der Waals surface area contributed by atoms with Crippen LogP contribution in [0.3, 0.4) is 0 Å². The van der Waals surface area contributed by atoms with Gasteiger partial charge in [0.05, 0.1) is 5.54 Å². The van der Waals surface area contributed by atoms with Crippen LogP contribution in [0.25, 0.3) is 0 Å². The number of likely N-dealkylation sites (N-methyl/N-ethyl adjacent to an activating group) is 1. The fourth-order valence-electron chi connectivity index (χ4n) is 2.31. The van der Waals surface area contributed by atoms with Crippen LogP contribution in [-0.2, 0) is 0 Å². The summed E-state index contributed by atoms with van der Waals surface area (Å²) in [6.45, 7) is 5.63. The minimum Gasteiger partial charge on any atom is -0.318 e. The number of hydrogen-bond acceptors (Lipinski definition) is 3. The van der Waals surface area contributed by atoms with Crippen molar-refractivity contribution in [2.75, 3.05) is 11.9 Å². The predicted molar refractivity (Wildman–Crippen MR) is 69.5 cm³/mol. The van der Waals surface area contributed by atoms with Crippen LogP contribution in [-0.4, -0.2) is 34.4 Å². The Balaban J connectivity index is 2.56. The molecule has 1 aliphatic rings. The minimum atomic E-state index is -0.889. The third-order valence-corrected chi connectivity index (χ3v) is 4.19. The van der Waals surface area contributed by atoms with Gasteiger partial charge in [0.2, 0.25) is 0 Å². The molecular weight excluding hydrogens is 230 g/mol. The van der Waals surface area contributed by atoms with Crippen molar-refractivity contribution in [2.45, 2.75) is 32.0 Å². The number of nitrogens with zero attached hydrogens (tertiary/aromatic N) is 2. The van der Waals surface area contributed by atoms with E-state index in [0.717, 1.165) is 5.69 Å². The van der Waals surface area contributed by atoms with Crippen LogP contribution in [0.4, 0.5) is 10.5 Å². The van der Waals surface area contributed by atoms with Crippen molar-refractivity contribution in [3.05, 3.63) is 30.3 Å². The van der Waals surface area contributed by atoms with Crippen molar-refractivity contribution in [3.8, 4) is 0 Å². The Labute approximate surface area is 107 Å². The number of anilines is 1. The molecule has 0 unspecified atom stereocenters. The van der Waals surface area contributed by atoms with Crippen molar-refractivity contribution in [1.82, 2.24) is 10.4 Å². The molecule has 2 amide bonds. The summed E-state index contributed by atoms with van der Waals surface area (Å²) < 4.78 is 0. The molecule has 1 saturated heterocycles. The molecule has 0 radical (unpaired) electrons. The number of carbonyl (C=O) groups excluding carboxylic acids is 1. The molecule has 5 heteroatoms. The van der Waals surface area contributed by atoms with Crippen molar-refractivity contribution < 1.29 is 10.0 Å². The summed E-state index contributed by atoms with van der Waals surface area (Å²) in [5, 5.41) is 9.56. The predicted octanol–water partition coefficient (Wildman–Crippen LogP) is 2.03. The van der Waals surface area contributed by atoms with E-state index in [0.29, 0.717) is 0 Å². The largest absolute Gasteiger partial charge is 0.326 e. The Morgan fingerprint density at radius 1 is 1.17 bits per heavy atom. The zero-order chi connectivity index (χ0) is 13.6. The van der Waals surface area contributed by atoms with Crippen LogP contribution < -0.4 is 10.4 Å². The lowest BCUT2D eigenvalue weighted by Crippen LogP contribution is -2.64. The van der Waals surface area contributed by atoms with E-state index in [2.05, 4.69) is 5.48 Å². The Morgan fingerprint density at radius 2 is 1.72 bits per heavy atom. The second-order valence-corrected chi connectivity index (χ2v) is 5.26. The van der Waals surface area contributed by atoms with E-state index < -0.39 is 11.2 Å². The summed E-state index contributed by atoms with van der Waals surface area (Å²) in [7, 11) is 1.74. The third kappa shape index (κ3) is 1.44. The molecule has 0 aromatic heterocycles. The summed E-state index contributed by atoms with van der Waals surface area (Å²) in [6.07, 6.45) is 0. The van der Waals surface area contributed by atoms with Gasteiger partial charge in [0.25, 0.3) is 0 Å². The zero-order valence-electron chi connectivity index (χ0n) is 11.1. The normalized spacial score (nSPS) is 26.8. The first-order valence-corrected chi connectivity index (χ1v) is 5.90. The average molecular weight is 249 g/mol. The van der Waals surface area contributed by atoms with Gasteiger partial charge in [0.15, 0.2) is 0 Å². The maximum Gasteiger partial charge on any atom is 0.326 e. The molecule has 5 nitrogen and oxygen atoms in total. The minimum absolute atomic E-state index is 0.143. The van der Waals surface area contributed by atoms with E-state index in [1.165, 1.54) is 0 Å². The number of benzene rings is 1. The molecule has 0 aliphatic carbocycles. The van der Waals surface area contributed by atoms with Gasteiger partial charge in [-0.15, -0.1) is 0 Å². The van der Waals surface area contributed by atoms with Gasteiger partial charge in [-0.3, -0.25) is 4.90 Å². The third-order valence-electron chi connectivity index (χ3n) is 4.19. The molecule has 1 aromatic carbocycles. The van der Waals surface area contributed by atoms with Gasteiger partial charge < -0.3 is 10.1 Å². The van der Waals surface area contributed by atoms with Crippen LogP contribution in [0.5, 0.6) is 0 Å². The fourth-order valence-corrected chi connectivity index (χ4v) is 2.31. The highest BCUT2D eigenvalue weighted by Crippen LogP contribution is 2.41. The molecule has 0 spiro atoms. The molecule has 0 saturated carbocycles. The Morgan fingerprint density at radius 3 is 2.22 bits per heavy atom. The van der Waals surface area contributed by atoms with Crippen molar-refractivity contribution in [3.63, 3.8) is 0 Å². The number of carbonyl (C=O) groups is 1. The van der Waals surface area contributed by atoms with Crippen molar-refractivity contribution in [2.24, 2.45) is 0 Å². The van der Waals surface area contributed by atoms with E-state index in [4.69, 9.17) is 0 Å². The summed E-state index contributed by atoms with van der Waals surface area (Å²) in [4.78, 5) is 15.6. The maximum absolute atomic E-state index is 12.4. The van der Waals surface area contributed by atoms with Crippen molar-refractivity contribution >= 4 is 11.7 Å².